The summed E-state index contributed by atoms with van der Waals surface area (Å²) in [5, 5.41) is 1.16. The van der Waals surface area contributed by atoms with Crippen molar-refractivity contribution in [2.24, 2.45) is 0 Å². The van der Waals surface area contributed by atoms with Gasteiger partial charge in [0.1, 0.15) is 0 Å². The van der Waals surface area contributed by atoms with E-state index >= 15 is 0 Å². The summed E-state index contributed by atoms with van der Waals surface area (Å²) < 4.78 is 0. The Bertz CT molecular complexity index is 515. The predicted octanol–water partition coefficient (Wildman–Crippen LogP) is 7.41. The molecule has 0 amide bonds. The Hall–Kier alpha value is -1.08. The quantitative estimate of drug-likeness (QED) is 0.284. The Morgan fingerprint density at radius 2 is 1.04 bits per heavy atom. The molecular weight excluding hydrogens is 344 g/mol. The third-order valence-corrected chi connectivity index (χ3v) is 4.97. The molecule has 0 aliphatic carbocycles. The highest BCUT2D eigenvalue weighted by Gasteiger charge is 1.98. The van der Waals surface area contributed by atoms with Crippen molar-refractivity contribution in [1.29, 1.82) is 0 Å². The molecule has 1 heteroatoms. The third kappa shape index (κ3) is 7.35. The van der Waals surface area contributed by atoms with Crippen LogP contribution in [0.5, 0.6) is 0 Å². The first-order chi connectivity index (χ1) is 11.4. The summed E-state index contributed by atoms with van der Waals surface area (Å²) in [6.07, 6.45) is 12.3. The minimum absolute atomic E-state index is 1.16. The van der Waals surface area contributed by atoms with Crippen LogP contribution in [0.4, 0.5) is 0 Å². The van der Waals surface area contributed by atoms with Gasteiger partial charge in [0.15, 0.2) is 0 Å². The lowest BCUT2D eigenvalue weighted by Crippen LogP contribution is -1.87. The molecule has 0 bridgehead atoms. The van der Waals surface area contributed by atoms with Crippen LogP contribution in [0.3, 0.4) is 0 Å². The first kappa shape index (κ1) is 18.3. The van der Waals surface area contributed by atoms with E-state index in [1.165, 1.54) is 74.5 Å². The second-order valence-corrected chi connectivity index (χ2v) is 7.12. The van der Waals surface area contributed by atoms with E-state index in [2.05, 4.69) is 70.5 Å². The monoisotopic (exact) mass is 372 g/mol. The van der Waals surface area contributed by atoms with Crippen LogP contribution in [0, 0.1) is 0 Å². The Labute approximate surface area is 150 Å². The van der Waals surface area contributed by atoms with Crippen molar-refractivity contribution >= 4 is 15.9 Å². The number of unbranched alkanes of at least 4 members (excludes halogenated alkanes) is 7. The first-order valence-electron chi connectivity index (χ1n) is 9.10. The van der Waals surface area contributed by atoms with Crippen molar-refractivity contribution in [2.45, 2.75) is 57.8 Å². The van der Waals surface area contributed by atoms with Crippen molar-refractivity contribution in [3.8, 4) is 11.1 Å². The van der Waals surface area contributed by atoms with Gasteiger partial charge in [-0.15, -0.1) is 0 Å². The molecule has 124 valence electrons. The average Bonchev–Trinajstić information content (AvgIpc) is 2.62. The molecule has 0 saturated carbocycles. The summed E-state index contributed by atoms with van der Waals surface area (Å²) >= 11 is 3.49. The van der Waals surface area contributed by atoms with Gasteiger partial charge in [-0.05, 0) is 36.0 Å². The first-order valence-corrected chi connectivity index (χ1v) is 10.2. The van der Waals surface area contributed by atoms with Gasteiger partial charge in [-0.25, -0.2) is 0 Å². The van der Waals surface area contributed by atoms with Gasteiger partial charge in [-0.2, -0.15) is 0 Å². The van der Waals surface area contributed by atoms with Crippen LogP contribution >= 0.6 is 15.9 Å². The number of alkyl halides is 1. The number of aryl methyl sites for hydroxylation is 1. The molecule has 0 radical (unpaired) electrons. The predicted molar refractivity (Wildman–Crippen MR) is 106 cm³/mol. The van der Waals surface area contributed by atoms with E-state index in [4.69, 9.17) is 0 Å². The second-order valence-electron chi connectivity index (χ2n) is 6.33. The molecule has 23 heavy (non-hydrogen) atoms. The van der Waals surface area contributed by atoms with Crippen LogP contribution in [-0.4, -0.2) is 5.33 Å². The zero-order chi connectivity index (χ0) is 16.2. The van der Waals surface area contributed by atoms with Crippen LogP contribution in [0.25, 0.3) is 11.1 Å². The molecular formula is C22H29Br. The van der Waals surface area contributed by atoms with Gasteiger partial charge in [0, 0.05) is 5.33 Å². The maximum atomic E-state index is 3.49. The second kappa shape index (κ2) is 11.5. The zero-order valence-electron chi connectivity index (χ0n) is 14.1. The van der Waals surface area contributed by atoms with Crippen molar-refractivity contribution in [3.63, 3.8) is 0 Å². The lowest BCUT2D eigenvalue weighted by molar-refractivity contribution is 0.577. The van der Waals surface area contributed by atoms with E-state index in [-0.39, 0.29) is 0 Å². The molecule has 0 nitrogen and oxygen atoms in total. The summed E-state index contributed by atoms with van der Waals surface area (Å²) in [5.74, 6) is 0. The molecule has 2 aromatic carbocycles. The van der Waals surface area contributed by atoms with Gasteiger partial charge in [-0.3, -0.25) is 0 Å². The maximum absolute atomic E-state index is 3.49. The molecule has 0 spiro atoms. The van der Waals surface area contributed by atoms with Crippen molar-refractivity contribution in [1.82, 2.24) is 0 Å². The lowest BCUT2D eigenvalue weighted by Gasteiger charge is -2.05. The van der Waals surface area contributed by atoms with Crippen LogP contribution in [0.2, 0.25) is 0 Å². The Balaban J connectivity index is 1.60. The summed E-state index contributed by atoms with van der Waals surface area (Å²) in [5.41, 5.74) is 4.10. The van der Waals surface area contributed by atoms with E-state index in [9.17, 15) is 0 Å². The number of rotatable bonds is 11. The largest absolute Gasteiger partial charge is 0.0928 e. The molecule has 0 aliphatic rings. The Morgan fingerprint density at radius 1 is 0.522 bits per heavy atom. The molecule has 0 N–H and O–H groups in total. The molecule has 0 atom stereocenters. The van der Waals surface area contributed by atoms with Crippen LogP contribution in [0.15, 0.2) is 54.6 Å². The van der Waals surface area contributed by atoms with E-state index in [1.807, 2.05) is 0 Å². The van der Waals surface area contributed by atoms with Crippen LogP contribution in [0.1, 0.15) is 56.9 Å². The molecule has 2 rings (SSSR count). The topological polar surface area (TPSA) is 0 Å². The molecule has 0 saturated heterocycles. The highest BCUT2D eigenvalue weighted by atomic mass is 79.9. The fourth-order valence-corrected chi connectivity index (χ4v) is 3.38. The fourth-order valence-electron chi connectivity index (χ4n) is 2.98. The molecule has 0 aromatic heterocycles. The molecule has 0 fully saturated rings. The standard InChI is InChI=1S/C22H29Br/c23-19-11-6-4-2-1-3-5-8-12-20-15-17-22(18-16-20)21-13-9-7-10-14-21/h7,9-10,13-18H,1-6,8,11-12,19H2. The number of hydrogen-bond acceptors (Lipinski definition) is 0. The smallest absolute Gasteiger partial charge is 0.00313 e. The van der Waals surface area contributed by atoms with Gasteiger partial charge in [0.25, 0.3) is 0 Å². The summed E-state index contributed by atoms with van der Waals surface area (Å²) in [6, 6.07) is 19.7. The minimum Gasteiger partial charge on any atom is -0.0928 e. The summed E-state index contributed by atoms with van der Waals surface area (Å²) in [7, 11) is 0. The number of halogens is 1. The highest BCUT2D eigenvalue weighted by Crippen LogP contribution is 2.20. The maximum Gasteiger partial charge on any atom is 0.00313 e. The van der Waals surface area contributed by atoms with Crippen LogP contribution < -0.4 is 0 Å². The van der Waals surface area contributed by atoms with E-state index < -0.39 is 0 Å². The SMILES string of the molecule is BrCCCCCCCCCCc1ccc(-c2ccccc2)cc1. The zero-order valence-corrected chi connectivity index (χ0v) is 15.7. The third-order valence-electron chi connectivity index (χ3n) is 4.41. The van der Waals surface area contributed by atoms with Gasteiger partial charge in [0.2, 0.25) is 0 Å². The van der Waals surface area contributed by atoms with Crippen molar-refractivity contribution in [3.05, 3.63) is 60.2 Å². The summed E-state index contributed by atoms with van der Waals surface area (Å²) in [4.78, 5) is 0. The highest BCUT2D eigenvalue weighted by molar-refractivity contribution is 9.09. The molecule has 0 unspecified atom stereocenters. The number of hydrogen-bond donors (Lipinski definition) is 0. The van der Waals surface area contributed by atoms with E-state index in [0.717, 1.165) is 5.33 Å². The van der Waals surface area contributed by atoms with Crippen LogP contribution in [-0.2, 0) is 6.42 Å². The average molecular weight is 373 g/mol. The van der Waals surface area contributed by atoms with Gasteiger partial charge in [0.05, 0.1) is 0 Å². The number of benzene rings is 2. The Kier molecular flexibility index (Phi) is 9.09. The molecule has 2 aromatic rings. The Morgan fingerprint density at radius 3 is 1.65 bits per heavy atom. The van der Waals surface area contributed by atoms with Gasteiger partial charge >= 0.3 is 0 Å². The fraction of sp³-hybridized carbons (Fsp3) is 0.455. The van der Waals surface area contributed by atoms with Gasteiger partial charge in [-0.1, -0.05) is 109 Å². The lowest BCUT2D eigenvalue weighted by atomic mass is 10.0. The molecule has 0 aliphatic heterocycles. The van der Waals surface area contributed by atoms with Crippen molar-refractivity contribution < 1.29 is 0 Å². The normalized spacial score (nSPS) is 10.8. The van der Waals surface area contributed by atoms with E-state index in [1.54, 1.807) is 0 Å². The summed E-state index contributed by atoms with van der Waals surface area (Å²) in [6.45, 7) is 0. The molecule has 0 heterocycles. The minimum atomic E-state index is 1.16. The van der Waals surface area contributed by atoms with E-state index in [0.29, 0.717) is 0 Å². The van der Waals surface area contributed by atoms with Gasteiger partial charge < -0.3 is 0 Å². The van der Waals surface area contributed by atoms with Crippen molar-refractivity contribution in [2.75, 3.05) is 5.33 Å².